The van der Waals surface area contributed by atoms with Crippen molar-refractivity contribution in [3.8, 4) is 11.5 Å². The molecule has 2 aliphatic heterocycles. The van der Waals surface area contributed by atoms with Crippen LogP contribution >= 0.6 is 0 Å². The molecule has 1 saturated heterocycles. The highest BCUT2D eigenvalue weighted by molar-refractivity contribution is 5.79. The van der Waals surface area contributed by atoms with Crippen molar-refractivity contribution < 1.29 is 29.3 Å². The number of nitrogens with zero attached hydrogens (tertiary/aromatic N) is 3. The van der Waals surface area contributed by atoms with Gasteiger partial charge in [-0.2, -0.15) is 0 Å². The standard InChI is InChI=1S/C30H44N4O6/c1-3-4-13-33(14-6-5-11-31)27(36)18-34-17-24(21-15-22(19-35)29-26(16-21)39-20-40-29)28(30(37)38)25(34)10-9-23-8-7-12-32(23)2/h7-8,12,15-16,24-25,28,35H,3-6,9-11,13-14,17-20,31H2,1-2H3,(H,37,38)/t24-,25+,28-/m1/s1. The quantitative estimate of drug-likeness (QED) is 0.286. The summed E-state index contributed by atoms with van der Waals surface area (Å²) in [5.74, 6) is -0.920. The number of aromatic nitrogens is 1. The van der Waals surface area contributed by atoms with Crippen molar-refractivity contribution in [1.82, 2.24) is 14.4 Å². The Kier molecular flexibility index (Phi) is 10.5. The highest BCUT2D eigenvalue weighted by atomic mass is 16.7. The van der Waals surface area contributed by atoms with Gasteiger partial charge in [0.2, 0.25) is 12.7 Å². The summed E-state index contributed by atoms with van der Waals surface area (Å²) in [4.78, 5) is 30.5. The molecule has 10 heteroatoms. The number of nitrogens with two attached hydrogens (primary N) is 1. The van der Waals surface area contributed by atoms with Gasteiger partial charge in [0, 0.05) is 56.1 Å². The fourth-order valence-electron chi connectivity index (χ4n) is 6.11. The molecule has 3 heterocycles. The summed E-state index contributed by atoms with van der Waals surface area (Å²) < 4.78 is 13.2. The summed E-state index contributed by atoms with van der Waals surface area (Å²) in [7, 11) is 1.98. The van der Waals surface area contributed by atoms with Crippen LogP contribution in [0.25, 0.3) is 0 Å². The first kappa shape index (κ1) is 29.9. The van der Waals surface area contributed by atoms with Crippen LogP contribution in [-0.2, 0) is 29.7 Å². The average Bonchev–Trinajstić information content (AvgIpc) is 3.67. The van der Waals surface area contributed by atoms with Gasteiger partial charge in [-0.05, 0) is 68.5 Å². The first-order valence-corrected chi connectivity index (χ1v) is 14.5. The molecule has 1 aromatic carbocycles. The first-order valence-electron chi connectivity index (χ1n) is 14.5. The normalized spacial score (nSPS) is 20.2. The maximum Gasteiger partial charge on any atom is 0.308 e. The van der Waals surface area contributed by atoms with Crippen LogP contribution in [0, 0.1) is 5.92 Å². The maximum atomic E-state index is 13.6. The van der Waals surface area contributed by atoms with Gasteiger partial charge in [-0.1, -0.05) is 13.3 Å². The molecule has 4 rings (SSSR count). The number of ether oxygens (including phenoxy) is 2. The third kappa shape index (κ3) is 6.79. The zero-order valence-corrected chi connectivity index (χ0v) is 23.8. The van der Waals surface area contributed by atoms with E-state index < -0.39 is 11.9 Å². The van der Waals surface area contributed by atoms with Gasteiger partial charge in [0.05, 0.1) is 19.1 Å². The van der Waals surface area contributed by atoms with Crippen molar-refractivity contribution in [2.24, 2.45) is 18.7 Å². The lowest BCUT2D eigenvalue weighted by Crippen LogP contribution is -2.45. The van der Waals surface area contributed by atoms with Crippen LogP contribution in [0.4, 0.5) is 0 Å². The van der Waals surface area contributed by atoms with Gasteiger partial charge in [-0.15, -0.1) is 0 Å². The summed E-state index contributed by atoms with van der Waals surface area (Å²) in [6, 6.07) is 7.36. The predicted octanol–water partition coefficient (Wildman–Crippen LogP) is 2.72. The second-order valence-electron chi connectivity index (χ2n) is 10.9. The SMILES string of the molecule is CCCCN(CCCCN)C(=O)CN1C[C@H](c2cc(CO)c3c(c2)OCO3)[C@@H](C(=O)O)[C@@H]1CCc1cccn1C. The van der Waals surface area contributed by atoms with Gasteiger partial charge < -0.3 is 34.9 Å². The summed E-state index contributed by atoms with van der Waals surface area (Å²) in [5, 5.41) is 20.5. The van der Waals surface area contributed by atoms with Crippen LogP contribution in [-0.4, -0.2) is 82.0 Å². The lowest BCUT2D eigenvalue weighted by atomic mass is 9.83. The molecule has 1 amide bonds. The Hall–Kier alpha value is -3.08. The Morgan fingerprint density at radius 2 is 1.98 bits per heavy atom. The Balaban J connectivity index is 1.62. The number of likely N-dealkylation sites (tertiary alicyclic amines) is 1. The average molecular weight is 557 g/mol. The van der Waals surface area contributed by atoms with Crippen molar-refractivity contribution in [1.29, 1.82) is 0 Å². The number of carbonyl (C=O) groups is 2. The largest absolute Gasteiger partial charge is 0.481 e. The van der Waals surface area contributed by atoms with Gasteiger partial charge in [-0.3, -0.25) is 14.5 Å². The number of carboxylic acid groups (broad SMARTS) is 1. The number of carboxylic acids is 1. The molecule has 2 aliphatic rings. The molecule has 10 nitrogen and oxygen atoms in total. The summed E-state index contributed by atoms with van der Waals surface area (Å²) in [6.45, 7) is 4.47. The fraction of sp³-hybridized carbons (Fsp3) is 0.600. The molecule has 220 valence electrons. The Bertz CT molecular complexity index is 1150. The Labute approximate surface area is 236 Å². The van der Waals surface area contributed by atoms with E-state index in [1.807, 2.05) is 47.0 Å². The van der Waals surface area contributed by atoms with E-state index in [2.05, 4.69) is 11.8 Å². The van der Waals surface area contributed by atoms with Gasteiger partial charge >= 0.3 is 5.97 Å². The molecule has 0 aliphatic carbocycles. The Morgan fingerprint density at radius 1 is 1.18 bits per heavy atom. The number of rotatable bonds is 15. The maximum absolute atomic E-state index is 13.6. The van der Waals surface area contributed by atoms with E-state index >= 15 is 0 Å². The van der Waals surface area contributed by atoms with Crippen molar-refractivity contribution in [3.05, 3.63) is 47.3 Å². The van der Waals surface area contributed by atoms with E-state index in [1.165, 1.54) is 0 Å². The molecule has 0 saturated carbocycles. The zero-order valence-electron chi connectivity index (χ0n) is 23.8. The van der Waals surface area contributed by atoms with Crippen LogP contribution in [0.5, 0.6) is 11.5 Å². The van der Waals surface area contributed by atoms with Crippen LogP contribution < -0.4 is 15.2 Å². The number of amides is 1. The van der Waals surface area contributed by atoms with Gasteiger partial charge in [0.15, 0.2) is 11.5 Å². The second-order valence-corrected chi connectivity index (χ2v) is 10.9. The highest BCUT2D eigenvalue weighted by Gasteiger charge is 2.47. The smallest absolute Gasteiger partial charge is 0.308 e. The van der Waals surface area contributed by atoms with E-state index in [0.717, 1.165) is 36.9 Å². The fourth-order valence-corrected chi connectivity index (χ4v) is 6.11. The zero-order chi connectivity index (χ0) is 28.6. The Morgan fingerprint density at radius 3 is 2.65 bits per heavy atom. The van der Waals surface area contributed by atoms with Crippen LogP contribution in [0.1, 0.15) is 61.8 Å². The molecule has 1 aromatic heterocycles. The van der Waals surface area contributed by atoms with Crippen molar-refractivity contribution in [3.63, 3.8) is 0 Å². The minimum absolute atomic E-state index is 0.0286. The summed E-state index contributed by atoms with van der Waals surface area (Å²) in [5.41, 5.74) is 8.17. The molecule has 3 atom stereocenters. The van der Waals surface area contributed by atoms with Crippen LogP contribution in [0.15, 0.2) is 30.5 Å². The van der Waals surface area contributed by atoms with E-state index in [0.29, 0.717) is 56.1 Å². The summed E-state index contributed by atoms with van der Waals surface area (Å²) in [6.07, 6.45) is 6.92. The minimum Gasteiger partial charge on any atom is -0.481 e. The first-order chi connectivity index (χ1) is 19.4. The van der Waals surface area contributed by atoms with E-state index in [4.69, 9.17) is 15.2 Å². The molecular weight excluding hydrogens is 512 g/mol. The van der Waals surface area contributed by atoms with Gasteiger partial charge in [0.1, 0.15) is 0 Å². The van der Waals surface area contributed by atoms with Crippen molar-refractivity contribution in [2.75, 3.05) is 39.5 Å². The van der Waals surface area contributed by atoms with Gasteiger partial charge in [-0.25, -0.2) is 0 Å². The number of aryl methyl sites for hydroxylation is 2. The number of hydrogen-bond donors (Lipinski definition) is 3. The molecule has 0 unspecified atom stereocenters. The molecule has 1 fully saturated rings. The van der Waals surface area contributed by atoms with E-state index in [9.17, 15) is 19.8 Å². The highest BCUT2D eigenvalue weighted by Crippen LogP contribution is 2.44. The third-order valence-corrected chi connectivity index (χ3v) is 8.31. The second kappa shape index (κ2) is 14.0. The topological polar surface area (TPSA) is 130 Å². The van der Waals surface area contributed by atoms with E-state index in [1.54, 1.807) is 0 Å². The van der Waals surface area contributed by atoms with Crippen molar-refractivity contribution in [2.45, 2.75) is 64.0 Å². The number of aliphatic hydroxyl groups excluding tert-OH is 1. The van der Waals surface area contributed by atoms with Crippen LogP contribution in [0.2, 0.25) is 0 Å². The lowest BCUT2D eigenvalue weighted by molar-refractivity contribution is -0.143. The minimum atomic E-state index is -0.883. The van der Waals surface area contributed by atoms with E-state index in [-0.39, 0.29) is 37.8 Å². The molecule has 2 aromatic rings. The lowest BCUT2D eigenvalue weighted by Gasteiger charge is -2.30. The summed E-state index contributed by atoms with van der Waals surface area (Å²) >= 11 is 0. The van der Waals surface area contributed by atoms with Crippen molar-refractivity contribution >= 4 is 11.9 Å². The number of hydrogen-bond acceptors (Lipinski definition) is 7. The number of aliphatic hydroxyl groups is 1. The van der Waals surface area contributed by atoms with Gasteiger partial charge in [0.25, 0.3) is 0 Å². The number of fused-ring (bicyclic) bond motifs is 1. The number of unbranched alkanes of at least 4 members (excludes halogenated alkanes) is 2. The molecule has 40 heavy (non-hydrogen) atoms. The van der Waals surface area contributed by atoms with Crippen LogP contribution in [0.3, 0.4) is 0 Å². The molecule has 4 N–H and O–H groups in total. The number of carbonyl (C=O) groups excluding carboxylic acids is 1. The molecule has 0 bridgehead atoms. The third-order valence-electron chi connectivity index (χ3n) is 8.31. The number of benzene rings is 1. The predicted molar refractivity (Wildman–Crippen MR) is 151 cm³/mol. The monoisotopic (exact) mass is 556 g/mol. The molecule has 0 radical (unpaired) electrons. The molecular formula is C30H44N4O6. The molecule has 0 spiro atoms. The number of aliphatic carboxylic acids is 1.